The molecule has 0 bridgehead atoms. The van der Waals surface area contributed by atoms with Crippen LogP contribution in [0.2, 0.25) is 0 Å². The van der Waals surface area contributed by atoms with Crippen LogP contribution in [0.25, 0.3) is 0 Å². The zero-order valence-corrected chi connectivity index (χ0v) is 7.54. The molecule has 0 atom stereocenters. The van der Waals surface area contributed by atoms with Gasteiger partial charge in [0.25, 0.3) is 0 Å². The van der Waals surface area contributed by atoms with Gasteiger partial charge in [0, 0.05) is 8.41 Å². The van der Waals surface area contributed by atoms with Crippen LogP contribution in [-0.2, 0) is 0 Å². The van der Waals surface area contributed by atoms with E-state index in [-0.39, 0.29) is 8.41 Å². The molecule has 2 heteroatoms. The average molecular weight is 141 g/mol. The first-order valence-corrected chi connectivity index (χ1v) is 5.07. The van der Waals surface area contributed by atoms with Crippen molar-refractivity contribution < 1.29 is 0 Å². The fourth-order valence-corrected chi connectivity index (χ4v) is 2.96. The maximum absolute atomic E-state index is 2.37. The van der Waals surface area contributed by atoms with Crippen LogP contribution in [0.5, 0.6) is 0 Å². The highest BCUT2D eigenvalue weighted by atomic mass is 31.1. The van der Waals surface area contributed by atoms with E-state index in [1.165, 1.54) is 6.42 Å². The molecule has 0 amide bonds. The third-order valence-electron chi connectivity index (χ3n) is 1.80. The normalized spacial score (nSPS) is 20.3. The van der Waals surface area contributed by atoms with Crippen LogP contribution in [0.4, 0.5) is 0 Å². The molecule has 0 aliphatic carbocycles. The van der Waals surface area contributed by atoms with E-state index in [1.807, 2.05) is 0 Å². The summed E-state index contributed by atoms with van der Waals surface area (Å²) in [7, 11) is 0.461. The van der Waals surface area contributed by atoms with E-state index in [2.05, 4.69) is 20.8 Å². The second-order valence-corrected chi connectivity index (χ2v) is 6.83. The summed E-state index contributed by atoms with van der Waals surface area (Å²) in [5.74, 6) is 0. The van der Waals surface area contributed by atoms with Gasteiger partial charge in [0.15, 0.2) is 0 Å². The minimum absolute atomic E-state index is 0. The summed E-state index contributed by atoms with van der Waals surface area (Å²) in [6.45, 7) is 7.12. The molecule has 1 aliphatic heterocycles. The third kappa shape index (κ3) is 2.30. The molecule has 1 rings (SSSR count). The van der Waals surface area contributed by atoms with Gasteiger partial charge in [0.1, 0.15) is 0 Å². The second kappa shape index (κ2) is 3.06. The summed E-state index contributed by atoms with van der Waals surface area (Å²) in [4.78, 5) is 0. The van der Waals surface area contributed by atoms with Gasteiger partial charge >= 0.3 is 0 Å². The highest BCUT2D eigenvalue weighted by Crippen LogP contribution is 2.56. The maximum Gasteiger partial charge on any atom is 0 e. The molecule has 0 saturated carbocycles. The lowest BCUT2D eigenvalue weighted by Gasteiger charge is -2.38. The Morgan fingerprint density at radius 3 is 1.56 bits per heavy atom. The van der Waals surface area contributed by atoms with E-state index in [4.69, 9.17) is 0 Å². The summed E-state index contributed by atoms with van der Waals surface area (Å²) in [6.07, 6.45) is 4.58. The van der Waals surface area contributed by atoms with E-state index < -0.39 is 0 Å². The predicted molar refractivity (Wildman–Crippen MR) is 46.8 cm³/mol. The zero-order valence-electron chi connectivity index (χ0n) is 6.65. The molecular formula is C7H15BP. The van der Waals surface area contributed by atoms with Gasteiger partial charge in [-0.25, -0.2) is 0 Å². The Labute approximate surface area is 61.7 Å². The van der Waals surface area contributed by atoms with Crippen molar-refractivity contribution in [2.24, 2.45) is 0 Å². The number of rotatable bonds is 0. The van der Waals surface area contributed by atoms with Crippen LogP contribution >= 0.6 is 7.92 Å². The van der Waals surface area contributed by atoms with Gasteiger partial charge < -0.3 is 0 Å². The predicted octanol–water partition coefficient (Wildman–Crippen LogP) is 2.29. The van der Waals surface area contributed by atoms with E-state index >= 15 is 0 Å². The van der Waals surface area contributed by atoms with Crippen molar-refractivity contribution in [3.8, 4) is 0 Å². The maximum atomic E-state index is 2.37. The Kier molecular flexibility index (Phi) is 3.22. The van der Waals surface area contributed by atoms with Gasteiger partial charge in [-0.1, -0.05) is 20.8 Å². The van der Waals surface area contributed by atoms with Gasteiger partial charge in [0.2, 0.25) is 0 Å². The molecular weight excluding hydrogens is 126 g/mol. The molecule has 1 fully saturated rings. The van der Waals surface area contributed by atoms with Crippen molar-refractivity contribution in [2.45, 2.75) is 32.3 Å². The topological polar surface area (TPSA) is 0 Å². The largest absolute Gasteiger partial charge is 0.101 e. The molecule has 0 unspecified atom stereocenters. The quantitative estimate of drug-likeness (QED) is 0.358. The lowest BCUT2D eigenvalue weighted by atomic mass is 10.3. The Morgan fingerprint density at radius 2 is 1.56 bits per heavy atom. The molecule has 9 heavy (non-hydrogen) atoms. The lowest BCUT2D eigenvalue weighted by Crippen LogP contribution is -2.21. The lowest BCUT2D eigenvalue weighted by molar-refractivity contribution is 0.755. The molecule has 51 valence electrons. The van der Waals surface area contributed by atoms with Crippen molar-refractivity contribution in [2.75, 3.05) is 12.3 Å². The molecule has 0 nitrogen and oxygen atoms in total. The van der Waals surface area contributed by atoms with Crippen molar-refractivity contribution in [1.29, 1.82) is 0 Å². The third-order valence-corrected chi connectivity index (χ3v) is 5.41. The Balaban J connectivity index is 0.000000640. The minimum atomic E-state index is 0. The smallest absolute Gasteiger partial charge is 0 e. The van der Waals surface area contributed by atoms with Gasteiger partial charge in [-0.05, 0) is 23.9 Å². The van der Waals surface area contributed by atoms with Crippen molar-refractivity contribution in [3.05, 3.63) is 0 Å². The zero-order chi connectivity index (χ0) is 6.20. The van der Waals surface area contributed by atoms with Crippen LogP contribution in [0, 0.1) is 0 Å². The van der Waals surface area contributed by atoms with E-state index in [0.717, 1.165) is 0 Å². The summed E-state index contributed by atoms with van der Waals surface area (Å²) in [5, 5.41) is 0.660. The SMILES string of the molecule is CC(C)(C)P1CCC1.[B]. The van der Waals surface area contributed by atoms with E-state index in [0.29, 0.717) is 13.1 Å². The molecule has 0 spiro atoms. The minimum Gasteiger partial charge on any atom is -0.101 e. The summed E-state index contributed by atoms with van der Waals surface area (Å²) in [6, 6.07) is 0. The highest BCUT2D eigenvalue weighted by Gasteiger charge is 2.28. The fourth-order valence-electron chi connectivity index (χ4n) is 0.987. The highest BCUT2D eigenvalue weighted by molar-refractivity contribution is 7.60. The first kappa shape index (κ1) is 9.49. The van der Waals surface area contributed by atoms with Gasteiger partial charge in [-0.3, -0.25) is 0 Å². The van der Waals surface area contributed by atoms with Gasteiger partial charge in [-0.15, -0.1) is 7.92 Å². The summed E-state index contributed by atoms with van der Waals surface area (Å²) >= 11 is 0. The number of hydrogen-bond donors (Lipinski definition) is 0. The van der Waals surface area contributed by atoms with E-state index in [9.17, 15) is 0 Å². The fraction of sp³-hybridized carbons (Fsp3) is 1.00. The van der Waals surface area contributed by atoms with Crippen LogP contribution in [-0.4, -0.2) is 25.9 Å². The van der Waals surface area contributed by atoms with Crippen LogP contribution in [0.3, 0.4) is 0 Å². The van der Waals surface area contributed by atoms with Crippen LogP contribution in [0.1, 0.15) is 27.2 Å². The summed E-state index contributed by atoms with van der Waals surface area (Å²) in [5.41, 5.74) is 0. The number of hydrogen-bond acceptors (Lipinski definition) is 0. The molecule has 0 aromatic heterocycles. The Morgan fingerprint density at radius 1 is 1.11 bits per heavy atom. The Bertz CT molecular complexity index is 81.4. The van der Waals surface area contributed by atoms with Crippen molar-refractivity contribution in [3.63, 3.8) is 0 Å². The standard InChI is InChI=1S/C7H15P.B/c1-7(2,3)8-5-4-6-8;/h4-6H2,1-3H3;. The first-order valence-electron chi connectivity index (χ1n) is 3.36. The first-order chi connectivity index (χ1) is 3.61. The molecule has 0 aromatic carbocycles. The summed E-state index contributed by atoms with van der Waals surface area (Å²) < 4.78 is 0. The van der Waals surface area contributed by atoms with Crippen molar-refractivity contribution >= 4 is 16.3 Å². The molecule has 3 radical (unpaired) electrons. The molecule has 0 aromatic rings. The van der Waals surface area contributed by atoms with Gasteiger partial charge in [-0.2, -0.15) is 0 Å². The van der Waals surface area contributed by atoms with Crippen LogP contribution < -0.4 is 0 Å². The Hall–Kier alpha value is 0.495. The molecule has 1 heterocycles. The van der Waals surface area contributed by atoms with Gasteiger partial charge in [0.05, 0.1) is 0 Å². The molecule has 1 aliphatic rings. The molecule has 1 saturated heterocycles. The second-order valence-electron chi connectivity index (χ2n) is 3.51. The average Bonchev–Trinajstić information content (AvgIpc) is 1.16. The van der Waals surface area contributed by atoms with E-state index in [1.54, 1.807) is 12.3 Å². The van der Waals surface area contributed by atoms with Crippen molar-refractivity contribution in [1.82, 2.24) is 0 Å². The monoisotopic (exact) mass is 141 g/mol. The van der Waals surface area contributed by atoms with Crippen LogP contribution in [0.15, 0.2) is 0 Å². The molecule has 0 N–H and O–H groups in total.